The maximum atomic E-state index is 13.9. The van der Waals surface area contributed by atoms with Gasteiger partial charge in [0.05, 0.1) is 23.3 Å². The molecule has 1 heterocycles. The Balaban J connectivity index is 1.46. The highest BCUT2D eigenvalue weighted by Gasteiger charge is 2.69. The number of hydrogen-bond acceptors (Lipinski definition) is 10. The second-order valence-corrected chi connectivity index (χ2v) is 11.8. The fourth-order valence-corrected chi connectivity index (χ4v) is 7.37. The van der Waals surface area contributed by atoms with Crippen LogP contribution in [0.3, 0.4) is 0 Å². The van der Waals surface area contributed by atoms with E-state index in [9.17, 15) is 39.3 Å². The van der Waals surface area contributed by atoms with Gasteiger partial charge in [-0.15, -0.1) is 0 Å². The Labute approximate surface area is 232 Å². The van der Waals surface area contributed by atoms with Crippen LogP contribution in [0.15, 0.2) is 12.1 Å². The Morgan fingerprint density at radius 3 is 2.45 bits per heavy atom. The van der Waals surface area contributed by atoms with Crippen LogP contribution in [-0.2, 0) is 19.2 Å². The van der Waals surface area contributed by atoms with E-state index in [-0.39, 0.29) is 17.4 Å². The molecular weight excluding hydrogens is 518 g/mol. The van der Waals surface area contributed by atoms with Crippen LogP contribution in [0, 0.1) is 23.7 Å². The van der Waals surface area contributed by atoms with Crippen molar-refractivity contribution in [2.45, 2.75) is 69.6 Å². The molecule has 7 atom stereocenters. The molecule has 1 aromatic rings. The van der Waals surface area contributed by atoms with E-state index in [1.165, 1.54) is 0 Å². The van der Waals surface area contributed by atoms with Gasteiger partial charge in [-0.2, -0.15) is 0 Å². The van der Waals surface area contributed by atoms with Gasteiger partial charge in [-0.3, -0.25) is 24.0 Å². The summed E-state index contributed by atoms with van der Waals surface area (Å²) < 4.78 is 0. The fourth-order valence-electron chi connectivity index (χ4n) is 7.37. The van der Waals surface area contributed by atoms with Gasteiger partial charge in [-0.05, 0) is 43.4 Å². The highest BCUT2D eigenvalue weighted by molar-refractivity contribution is 6.31. The normalized spacial score (nSPS) is 34.7. The predicted molar refractivity (Wildman–Crippen MR) is 143 cm³/mol. The van der Waals surface area contributed by atoms with Gasteiger partial charge in [0.15, 0.2) is 34.7 Å². The molecule has 3 aliphatic carbocycles. The van der Waals surface area contributed by atoms with E-state index in [0.29, 0.717) is 11.3 Å². The Kier molecular flexibility index (Phi) is 7.35. The number of Topliss-reactive ketones (excluding diaryl/α,β-unsaturated/α-hetero) is 4. The summed E-state index contributed by atoms with van der Waals surface area (Å²) in [5, 5.41) is 37.3. The Bertz CT molecular complexity index is 1270. The number of amides is 1. The fraction of sp³-hybridized carbons (Fsp3) is 0.621. The molecule has 0 bridgehead atoms. The number of nitrogens with two attached hydrogens (primary N) is 1. The number of ketones is 4. The molecule has 0 radical (unpaired) electrons. The second-order valence-electron chi connectivity index (χ2n) is 11.8. The number of nitrogens with zero attached hydrogens (tertiary/aromatic N) is 1. The lowest BCUT2D eigenvalue weighted by atomic mass is 9.50. The zero-order valence-corrected chi connectivity index (χ0v) is 22.8. The Morgan fingerprint density at radius 2 is 1.82 bits per heavy atom. The highest BCUT2D eigenvalue weighted by atomic mass is 16.3. The van der Waals surface area contributed by atoms with E-state index >= 15 is 0 Å². The molecule has 3 fully saturated rings. The van der Waals surface area contributed by atoms with Crippen molar-refractivity contribution < 1.29 is 39.3 Å². The minimum absolute atomic E-state index is 0.0772. The molecule has 11 nitrogen and oxygen atoms in total. The van der Waals surface area contributed by atoms with E-state index in [0.717, 1.165) is 45.3 Å². The minimum atomic E-state index is -2.92. The number of aliphatic hydroxyl groups is 2. The molecule has 1 aliphatic heterocycles. The lowest BCUT2D eigenvalue weighted by Gasteiger charge is -2.52. The van der Waals surface area contributed by atoms with Crippen LogP contribution >= 0.6 is 0 Å². The highest BCUT2D eigenvalue weighted by Crippen LogP contribution is 2.54. The standard InChI is InChI=1S/C29H37N3O8/c1-3-4-9-32-10-7-14(8-11-32)31-17-6-5-15-13(2)19-22(25(36)20(15)24(17)35)27(38)29(40)16(23(19)34)12-18(33)21(26(29)37)28(30)39/h5-6,13-14,16,19,21-23,31,34-35,40H,3-4,7-12H2,1-2H3,(H2,30,39)/t13-,16+,19+,21?,22?,23+,29+/m0/s1. The summed E-state index contributed by atoms with van der Waals surface area (Å²) in [6.45, 7) is 6.73. The first-order chi connectivity index (χ1) is 18.9. The van der Waals surface area contributed by atoms with E-state index < -0.39 is 76.8 Å². The lowest BCUT2D eigenvalue weighted by Crippen LogP contribution is -2.72. The molecule has 40 heavy (non-hydrogen) atoms. The molecular formula is C29H37N3O8. The molecule has 1 saturated heterocycles. The van der Waals surface area contributed by atoms with Crippen LogP contribution in [0.25, 0.3) is 0 Å². The smallest absolute Gasteiger partial charge is 0.235 e. The van der Waals surface area contributed by atoms with Crippen LogP contribution < -0.4 is 11.1 Å². The summed E-state index contributed by atoms with van der Waals surface area (Å²) in [6.07, 6.45) is 1.81. The SMILES string of the molecule is CCCCN1CCC(Nc2ccc3c(c2O)C(=O)C2C(=O)[C@]4(O)C(=O)C(C(N)=O)C(=O)C[C@@H]4[C@@H](O)[C@@H]2[C@H]3C)CC1. The van der Waals surface area contributed by atoms with Gasteiger partial charge in [-0.1, -0.05) is 26.3 Å². The van der Waals surface area contributed by atoms with Crippen LogP contribution in [0.4, 0.5) is 5.69 Å². The number of carbonyl (C=O) groups is 5. The van der Waals surface area contributed by atoms with Gasteiger partial charge < -0.3 is 31.3 Å². The first kappa shape index (κ1) is 28.4. The first-order valence-electron chi connectivity index (χ1n) is 14.1. The van der Waals surface area contributed by atoms with E-state index in [1.807, 2.05) is 0 Å². The number of anilines is 1. The third-order valence-corrected chi connectivity index (χ3v) is 9.63. The zero-order chi connectivity index (χ0) is 29.1. The van der Waals surface area contributed by atoms with Gasteiger partial charge in [0.2, 0.25) is 5.91 Å². The number of nitrogens with one attached hydrogen (secondary N) is 1. The summed E-state index contributed by atoms with van der Waals surface area (Å²) in [6, 6.07) is 3.44. The molecule has 4 aliphatic rings. The number of fused-ring (bicyclic) bond motifs is 3. The van der Waals surface area contributed by atoms with Gasteiger partial charge >= 0.3 is 0 Å². The number of phenols is 1. The Hall–Kier alpha value is -3.15. The summed E-state index contributed by atoms with van der Waals surface area (Å²) in [5.41, 5.74) is 2.99. The van der Waals surface area contributed by atoms with Crippen molar-refractivity contribution in [2.24, 2.45) is 29.4 Å². The van der Waals surface area contributed by atoms with Crippen molar-refractivity contribution >= 4 is 34.7 Å². The van der Waals surface area contributed by atoms with Crippen LogP contribution in [0.1, 0.15) is 67.8 Å². The molecule has 2 saturated carbocycles. The third-order valence-electron chi connectivity index (χ3n) is 9.63. The van der Waals surface area contributed by atoms with Crippen molar-refractivity contribution in [3.8, 4) is 5.75 Å². The van der Waals surface area contributed by atoms with E-state index in [2.05, 4.69) is 17.1 Å². The average molecular weight is 556 g/mol. The number of unbranched alkanes of at least 4 members (excludes halogenated alkanes) is 1. The predicted octanol–water partition coefficient (Wildman–Crippen LogP) is 0.535. The van der Waals surface area contributed by atoms with Crippen molar-refractivity contribution in [1.82, 2.24) is 4.90 Å². The average Bonchev–Trinajstić information content (AvgIpc) is 2.91. The number of phenolic OH excluding ortho intramolecular Hbond substituents is 1. The molecule has 216 valence electrons. The largest absolute Gasteiger partial charge is 0.505 e. The molecule has 6 N–H and O–H groups in total. The molecule has 1 amide bonds. The lowest BCUT2D eigenvalue weighted by molar-refractivity contribution is -0.189. The van der Waals surface area contributed by atoms with Gasteiger partial charge in [-0.25, -0.2) is 0 Å². The summed E-state index contributed by atoms with van der Waals surface area (Å²) in [5.74, 6) is -12.7. The topological polar surface area (TPSA) is 187 Å². The van der Waals surface area contributed by atoms with Crippen molar-refractivity contribution in [2.75, 3.05) is 25.0 Å². The van der Waals surface area contributed by atoms with Crippen molar-refractivity contribution in [3.05, 3.63) is 23.3 Å². The number of carbonyl (C=O) groups excluding carboxylic acids is 5. The van der Waals surface area contributed by atoms with Crippen LogP contribution in [0.5, 0.6) is 5.75 Å². The molecule has 11 heteroatoms. The number of aromatic hydroxyl groups is 1. The minimum Gasteiger partial charge on any atom is -0.505 e. The summed E-state index contributed by atoms with van der Waals surface area (Å²) >= 11 is 0. The van der Waals surface area contributed by atoms with E-state index in [4.69, 9.17) is 5.73 Å². The monoisotopic (exact) mass is 555 g/mol. The number of likely N-dealkylation sites (tertiary alicyclic amines) is 1. The Morgan fingerprint density at radius 1 is 1.15 bits per heavy atom. The zero-order valence-electron chi connectivity index (χ0n) is 22.8. The van der Waals surface area contributed by atoms with Crippen molar-refractivity contribution in [3.63, 3.8) is 0 Å². The quantitative estimate of drug-likeness (QED) is 0.245. The first-order valence-corrected chi connectivity index (χ1v) is 14.1. The third kappa shape index (κ3) is 4.17. The number of aliphatic hydroxyl groups excluding tert-OH is 1. The van der Waals surface area contributed by atoms with Gasteiger partial charge in [0.1, 0.15) is 5.75 Å². The molecule has 1 aromatic carbocycles. The maximum Gasteiger partial charge on any atom is 0.235 e. The van der Waals surface area contributed by atoms with Crippen LogP contribution in [0.2, 0.25) is 0 Å². The summed E-state index contributed by atoms with van der Waals surface area (Å²) in [7, 11) is 0. The van der Waals surface area contributed by atoms with Crippen LogP contribution in [-0.4, -0.2) is 86.6 Å². The maximum absolute atomic E-state index is 13.9. The number of primary amides is 1. The molecule has 0 spiro atoms. The second kappa shape index (κ2) is 10.4. The number of hydrogen-bond donors (Lipinski definition) is 5. The van der Waals surface area contributed by atoms with E-state index in [1.54, 1.807) is 19.1 Å². The molecule has 0 aromatic heterocycles. The number of benzene rings is 1. The molecule has 2 unspecified atom stereocenters. The van der Waals surface area contributed by atoms with Gasteiger partial charge in [0, 0.05) is 37.4 Å². The van der Waals surface area contributed by atoms with Crippen molar-refractivity contribution in [1.29, 1.82) is 0 Å². The summed E-state index contributed by atoms with van der Waals surface area (Å²) in [4.78, 5) is 67.6. The van der Waals surface area contributed by atoms with Gasteiger partial charge in [0.25, 0.3) is 0 Å². The number of piperidine rings is 1. The number of rotatable bonds is 6. The molecule has 5 rings (SSSR count).